The molecule has 3 N–H and O–H groups in total. The topological polar surface area (TPSA) is 95.3 Å². The van der Waals surface area contributed by atoms with E-state index in [4.69, 9.17) is 5.10 Å². The molecule has 0 spiro atoms. The second-order valence-electron chi connectivity index (χ2n) is 12.1. The van der Waals surface area contributed by atoms with E-state index in [-0.39, 0.29) is 23.4 Å². The molecule has 3 heterocycles. The monoisotopic (exact) mass is 552 g/mol. The molecule has 0 radical (unpaired) electrons. The minimum Gasteiger partial charge on any atom is -0.386 e. The molecule has 40 heavy (non-hydrogen) atoms. The molecule has 2 fully saturated rings. The number of carbonyl (C=O) groups is 1. The number of nitrogens with zero attached hydrogens (tertiary/aromatic N) is 4. The Kier molecular flexibility index (Phi) is 7.13. The largest absolute Gasteiger partial charge is 0.386 e. The summed E-state index contributed by atoms with van der Waals surface area (Å²) in [5.74, 6) is -3.42. The molecule has 8 nitrogen and oxygen atoms in total. The van der Waals surface area contributed by atoms with Gasteiger partial charge in [-0.25, -0.2) is 13.8 Å². The van der Waals surface area contributed by atoms with Crippen molar-refractivity contribution in [2.45, 2.75) is 82.4 Å². The fourth-order valence-corrected chi connectivity index (χ4v) is 6.57. The van der Waals surface area contributed by atoms with Crippen LogP contribution in [0.15, 0.2) is 30.5 Å². The number of alkyl halides is 2. The van der Waals surface area contributed by atoms with Crippen molar-refractivity contribution in [2.24, 2.45) is 0 Å². The maximum atomic E-state index is 14.3. The van der Waals surface area contributed by atoms with Gasteiger partial charge in [0.15, 0.2) is 0 Å². The molecule has 1 amide bonds. The Morgan fingerprint density at radius 3 is 2.58 bits per heavy atom. The first-order valence-electron chi connectivity index (χ1n) is 14.5. The summed E-state index contributed by atoms with van der Waals surface area (Å²) in [5, 5.41) is 23.0. The third-order valence-corrected chi connectivity index (χ3v) is 8.78. The fraction of sp³-hybridized carbons (Fsp3) is 0.567. The number of aliphatic hydroxyl groups is 1. The Morgan fingerprint density at radius 1 is 1.12 bits per heavy atom. The molecule has 1 saturated heterocycles. The van der Waals surface area contributed by atoms with Crippen molar-refractivity contribution in [3.63, 3.8) is 0 Å². The van der Waals surface area contributed by atoms with Crippen LogP contribution >= 0.6 is 0 Å². The van der Waals surface area contributed by atoms with Gasteiger partial charge < -0.3 is 15.7 Å². The average molecular weight is 553 g/mol. The summed E-state index contributed by atoms with van der Waals surface area (Å²) in [4.78, 5) is 20.1. The predicted octanol–water partition coefficient (Wildman–Crippen LogP) is 4.73. The van der Waals surface area contributed by atoms with Crippen LogP contribution in [0, 0.1) is 0 Å². The van der Waals surface area contributed by atoms with Gasteiger partial charge in [-0.05, 0) is 76.6 Å². The van der Waals surface area contributed by atoms with E-state index in [1.807, 2.05) is 23.0 Å². The smallest absolute Gasteiger partial charge is 0.275 e. The summed E-state index contributed by atoms with van der Waals surface area (Å²) < 4.78 is 30.6. The number of aryl methyl sites for hydroxylation is 1. The molecule has 1 saturated carbocycles. The maximum absolute atomic E-state index is 14.3. The molecule has 1 aromatic carbocycles. The van der Waals surface area contributed by atoms with Crippen LogP contribution in [0.25, 0.3) is 10.9 Å². The molecule has 2 aromatic heterocycles. The predicted molar refractivity (Wildman–Crippen MR) is 150 cm³/mol. The van der Waals surface area contributed by atoms with Gasteiger partial charge in [-0.15, -0.1) is 0 Å². The number of aromatic nitrogens is 3. The number of halogens is 2. The number of benzene rings is 1. The lowest BCUT2D eigenvalue weighted by Crippen LogP contribution is -2.49. The highest BCUT2D eigenvalue weighted by molar-refractivity contribution is 6.04. The van der Waals surface area contributed by atoms with Crippen molar-refractivity contribution < 1.29 is 18.7 Å². The van der Waals surface area contributed by atoms with E-state index in [0.717, 1.165) is 62.8 Å². The van der Waals surface area contributed by atoms with Gasteiger partial charge in [0.2, 0.25) is 0 Å². The van der Waals surface area contributed by atoms with Crippen LogP contribution in [0.1, 0.15) is 85.7 Å². The van der Waals surface area contributed by atoms with E-state index in [2.05, 4.69) is 20.5 Å². The number of nitrogens with one attached hydrogen (secondary N) is 2. The van der Waals surface area contributed by atoms with Gasteiger partial charge in [-0.1, -0.05) is 0 Å². The number of hydrogen-bond donors (Lipinski definition) is 3. The minimum atomic E-state index is -2.92. The van der Waals surface area contributed by atoms with Crippen LogP contribution in [0.4, 0.5) is 14.5 Å². The molecular formula is C30H38F2N6O2. The lowest BCUT2D eigenvalue weighted by molar-refractivity contribution is -0.0224. The first-order chi connectivity index (χ1) is 19.1. The Hall–Kier alpha value is -2.95. The normalized spacial score (nSPS) is 23.6. The van der Waals surface area contributed by atoms with Crippen LogP contribution in [0.5, 0.6) is 0 Å². The van der Waals surface area contributed by atoms with Crippen molar-refractivity contribution in [3.8, 4) is 0 Å². The zero-order valence-electron chi connectivity index (χ0n) is 23.2. The first-order valence-corrected chi connectivity index (χ1v) is 14.5. The van der Waals surface area contributed by atoms with Crippen molar-refractivity contribution in [1.29, 1.82) is 0 Å². The molecule has 214 valence electrons. The summed E-state index contributed by atoms with van der Waals surface area (Å²) in [7, 11) is 0. The number of carbonyl (C=O) groups excluding carboxylic acids is 1. The standard InChI is InChI=1S/C30H38F2N6O2/c1-29(2,40)23-17-26-19(18-38(36-26)21-7-5-20(6-8-21)37-14-12-33-13-15-37)16-27(23)35-28(39)25-10-9-22-24(34-25)4-3-11-30(22,31)32/h9-10,16-18,20-21,33,40H,3-8,11-15H2,1-2H3,(H,35,39). The summed E-state index contributed by atoms with van der Waals surface area (Å²) in [6.45, 7) is 7.68. The van der Waals surface area contributed by atoms with Gasteiger partial charge in [0.05, 0.1) is 22.9 Å². The lowest BCUT2D eigenvalue weighted by Gasteiger charge is -2.39. The maximum Gasteiger partial charge on any atom is 0.275 e. The third-order valence-electron chi connectivity index (χ3n) is 8.78. The molecule has 10 heteroatoms. The first kappa shape index (κ1) is 27.2. The number of piperazine rings is 1. The van der Waals surface area contributed by atoms with Gasteiger partial charge in [0, 0.05) is 67.0 Å². The number of rotatable bonds is 5. The molecular weight excluding hydrogens is 514 g/mol. The van der Waals surface area contributed by atoms with Gasteiger partial charge in [0.25, 0.3) is 11.8 Å². The van der Waals surface area contributed by atoms with E-state index < -0.39 is 17.4 Å². The summed E-state index contributed by atoms with van der Waals surface area (Å²) >= 11 is 0. The van der Waals surface area contributed by atoms with Crippen LogP contribution in [0.3, 0.4) is 0 Å². The molecule has 6 rings (SSSR count). The van der Waals surface area contributed by atoms with E-state index in [1.54, 1.807) is 13.8 Å². The molecule has 0 unspecified atom stereocenters. The van der Waals surface area contributed by atoms with E-state index in [1.165, 1.54) is 12.1 Å². The number of hydrogen-bond acceptors (Lipinski definition) is 6. The SMILES string of the molecule is CC(C)(O)c1cc2nn(C3CCC(N4CCNCC4)CC3)cc2cc1NC(=O)c1ccc2c(n1)CCCC2(F)F. The number of amides is 1. The minimum absolute atomic E-state index is 0.0789. The lowest BCUT2D eigenvalue weighted by atomic mass is 9.90. The summed E-state index contributed by atoms with van der Waals surface area (Å²) in [6.07, 6.45) is 7.00. The van der Waals surface area contributed by atoms with Gasteiger partial charge in [0.1, 0.15) is 5.69 Å². The van der Waals surface area contributed by atoms with E-state index >= 15 is 0 Å². The van der Waals surface area contributed by atoms with E-state index in [0.29, 0.717) is 36.2 Å². The van der Waals surface area contributed by atoms with Crippen molar-refractivity contribution in [1.82, 2.24) is 25.0 Å². The molecule has 3 aromatic rings. The second-order valence-corrected chi connectivity index (χ2v) is 12.1. The highest BCUT2D eigenvalue weighted by Crippen LogP contribution is 2.39. The van der Waals surface area contributed by atoms with Gasteiger partial charge in [-0.3, -0.25) is 14.4 Å². The zero-order valence-corrected chi connectivity index (χ0v) is 23.2. The van der Waals surface area contributed by atoms with Crippen LogP contribution in [-0.2, 0) is 17.9 Å². The Labute approximate surface area is 233 Å². The second kappa shape index (κ2) is 10.5. The summed E-state index contributed by atoms with van der Waals surface area (Å²) in [6, 6.07) is 7.28. The average Bonchev–Trinajstić information content (AvgIpc) is 3.35. The van der Waals surface area contributed by atoms with Gasteiger partial charge >= 0.3 is 0 Å². The highest BCUT2D eigenvalue weighted by atomic mass is 19.3. The quantitative estimate of drug-likeness (QED) is 0.424. The summed E-state index contributed by atoms with van der Waals surface area (Å²) in [5.41, 5.74) is 0.761. The highest BCUT2D eigenvalue weighted by Gasteiger charge is 2.37. The van der Waals surface area contributed by atoms with E-state index in [9.17, 15) is 18.7 Å². The molecule has 0 bridgehead atoms. The number of anilines is 1. The fourth-order valence-electron chi connectivity index (χ4n) is 6.57. The van der Waals surface area contributed by atoms with Crippen molar-refractivity contribution in [2.75, 3.05) is 31.5 Å². The van der Waals surface area contributed by atoms with Crippen molar-refractivity contribution >= 4 is 22.5 Å². The Balaban J connectivity index is 1.23. The molecule has 1 aliphatic heterocycles. The number of fused-ring (bicyclic) bond motifs is 2. The van der Waals surface area contributed by atoms with Crippen molar-refractivity contribution in [3.05, 3.63) is 53.0 Å². The Morgan fingerprint density at radius 2 is 1.85 bits per heavy atom. The third kappa shape index (κ3) is 5.36. The zero-order chi connectivity index (χ0) is 28.1. The Bertz CT molecular complexity index is 1400. The number of pyridine rings is 1. The molecule has 3 aliphatic rings. The van der Waals surface area contributed by atoms with Gasteiger partial charge in [-0.2, -0.15) is 5.10 Å². The van der Waals surface area contributed by atoms with Crippen LogP contribution in [-0.4, -0.2) is 62.9 Å². The molecule has 2 aliphatic carbocycles. The van der Waals surface area contributed by atoms with Crippen LogP contribution < -0.4 is 10.6 Å². The molecule has 0 atom stereocenters. The van der Waals surface area contributed by atoms with Crippen LogP contribution in [0.2, 0.25) is 0 Å².